The largest absolute Gasteiger partial charge is 0.290 e. The number of hydrogen-bond donors (Lipinski definition) is 0. The Labute approximate surface area is 135 Å². The van der Waals surface area contributed by atoms with Crippen LogP contribution in [0, 0.1) is 0 Å². The van der Waals surface area contributed by atoms with E-state index >= 15 is 0 Å². The molecule has 0 aliphatic heterocycles. The standard InChI is InChI=1S/C15H13ClN2OS2/c1-18-14(19)13-12(7-9-20-13)17-15(18)21-8-6-10-4-2-3-5-11(10)16/h2-5,7,9H,6,8H2,1H3. The molecule has 0 aliphatic rings. The number of aryl methyl sites for hydroxylation is 1. The van der Waals surface area contributed by atoms with Crippen molar-refractivity contribution in [2.75, 3.05) is 5.75 Å². The lowest BCUT2D eigenvalue weighted by atomic mass is 10.2. The van der Waals surface area contributed by atoms with E-state index in [4.69, 9.17) is 11.6 Å². The zero-order valence-corrected chi connectivity index (χ0v) is 13.8. The number of hydrogen-bond acceptors (Lipinski definition) is 4. The van der Waals surface area contributed by atoms with Gasteiger partial charge in [0.05, 0.1) is 5.52 Å². The van der Waals surface area contributed by atoms with Crippen LogP contribution in [-0.4, -0.2) is 15.3 Å². The summed E-state index contributed by atoms with van der Waals surface area (Å²) >= 11 is 9.16. The maximum absolute atomic E-state index is 12.2. The van der Waals surface area contributed by atoms with Crippen LogP contribution in [0.1, 0.15) is 5.56 Å². The van der Waals surface area contributed by atoms with Crippen LogP contribution in [0.25, 0.3) is 10.2 Å². The molecule has 0 spiro atoms. The minimum Gasteiger partial charge on any atom is -0.290 e. The van der Waals surface area contributed by atoms with E-state index in [0.29, 0.717) is 4.70 Å². The zero-order chi connectivity index (χ0) is 14.8. The summed E-state index contributed by atoms with van der Waals surface area (Å²) in [5, 5.41) is 3.43. The summed E-state index contributed by atoms with van der Waals surface area (Å²) in [5.74, 6) is 0.833. The van der Waals surface area contributed by atoms with Crippen molar-refractivity contribution in [3.63, 3.8) is 0 Å². The molecular formula is C15H13ClN2OS2. The SMILES string of the molecule is Cn1c(SCCc2ccccc2Cl)nc2ccsc2c1=O. The molecule has 0 radical (unpaired) electrons. The third-order valence-corrected chi connectivity index (χ3v) is 5.50. The van der Waals surface area contributed by atoms with Gasteiger partial charge in [-0.15, -0.1) is 11.3 Å². The molecule has 0 saturated carbocycles. The summed E-state index contributed by atoms with van der Waals surface area (Å²) in [4.78, 5) is 16.7. The van der Waals surface area contributed by atoms with Crippen molar-refractivity contribution < 1.29 is 0 Å². The van der Waals surface area contributed by atoms with Gasteiger partial charge in [-0.1, -0.05) is 41.6 Å². The molecule has 3 aromatic rings. The highest BCUT2D eigenvalue weighted by Gasteiger charge is 2.09. The van der Waals surface area contributed by atoms with Gasteiger partial charge in [-0.3, -0.25) is 9.36 Å². The maximum atomic E-state index is 12.2. The molecule has 0 bridgehead atoms. The second-order valence-corrected chi connectivity index (χ2v) is 6.97. The van der Waals surface area contributed by atoms with Gasteiger partial charge in [-0.2, -0.15) is 0 Å². The van der Waals surface area contributed by atoms with Crippen molar-refractivity contribution in [2.24, 2.45) is 7.05 Å². The monoisotopic (exact) mass is 336 g/mol. The summed E-state index contributed by atoms with van der Waals surface area (Å²) in [5.41, 5.74) is 1.92. The molecule has 21 heavy (non-hydrogen) atoms. The predicted octanol–water partition coefficient (Wildman–Crippen LogP) is 3.98. The smallest absolute Gasteiger partial charge is 0.271 e. The highest BCUT2D eigenvalue weighted by Crippen LogP contribution is 2.22. The number of rotatable bonds is 4. The van der Waals surface area contributed by atoms with Crippen LogP contribution in [0.2, 0.25) is 5.02 Å². The molecule has 108 valence electrons. The number of nitrogens with zero attached hydrogens (tertiary/aromatic N) is 2. The Hall–Kier alpha value is -1.30. The first kappa shape index (κ1) is 14.6. The van der Waals surface area contributed by atoms with Crippen molar-refractivity contribution in [1.29, 1.82) is 0 Å². The molecule has 1 aromatic carbocycles. The highest BCUT2D eigenvalue weighted by molar-refractivity contribution is 7.99. The van der Waals surface area contributed by atoms with Crippen molar-refractivity contribution in [1.82, 2.24) is 9.55 Å². The van der Waals surface area contributed by atoms with Crippen molar-refractivity contribution in [3.8, 4) is 0 Å². The van der Waals surface area contributed by atoms with Gasteiger partial charge in [0.15, 0.2) is 5.16 Å². The molecule has 3 nitrogen and oxygen atoms in total. The first-order chi connectivity index (χ1) is 10.2. The van der Waals surface area contributed by atoms with Gasteiger partial charge in [0.25, 0.3) is 5.56 Å². The van der Waals surface area contributed by atoms with Crippen LogP contribution in [0.15, 0.2) is 45.7 Å². The van der Waals surface area contributed by atoms with E-state index in [1.54, 1.807) is 23.4 Å². The molecule has 3 rings (SSSR count). The number of fused-ring (bicyclic) bond motifs is 1. The topological polar surface area (TPSA) is 34.9 Å². The average Bonchev–Trinajstić information content (AvgIpc) is 2.94. The van der Waals surface area contributed by atoms with E-state index in [9.17, 15) is 4.79 Å². The van der Waals surface area contributed by atoms with E-state index in [1.165, 1.54) is 11.3 Å². The van der Waals surface area contributed by atoms with Gasteiger partial charge in [-0.25, -0.2) is 4.98 Å². The molecule has 0 unspecified atom stereocenters. The minimum absolute atomic E-state index is 0.0234. The number of thioether (sulfide) groups is 1. The third kappa shape index (κ3) is 3.00. The van der Waals surface area contributed by atoms with Crippen LogP contribution in [-0.2, 0) is 13.5 Å². The van der Waals surface area contributed by atoms with Crippen molar-refractivity contribution in [3.05, 3.63) is 56.7 Å². The van der Waals surface area contributed by atoms with Gasteiger partial charge in [0.2, 0.25) is 0 Å². The summed E-state index contributed by atoms with van der Waals surface area (Å²) in [7, 11) is 1.77. The van der Waals surface area contributed by atoms with Crippen LogP contribution < -0.4 is 5.56 Å². The normalized spacial score (nSPS) is 11.1. The van der Waals surface area contributed by atoms with Crippen LogP contribution >= 0.6 is 34.7 Å². The molecule has 0 amide bonds. The molecule has 0 saturated heterocycles. The number of benzene rings is 1. The summed E-state index contributed by atoms with van der Waals surface area (Å²) in [6.45, 7) is 0. The number of aromatic nitrogens is 2. The third-order valence-electron chi connectivity index (χ3n) is 3.21. The quantitative estimate of drug-likeness (QED) is 0.534. The number of thiophene rings is 1. The lowest BCUT2D eigenvalue weighted by Crippen LogP contribution is -2.19. The minimum atomic E-state index is 0.0234. The van der Waals surface area contributed by atoms with E-state index < -0.39 is 0 Å². The lowest BCUT2D eigenvalue weighted by Gasteiger charge is -2.07. The summed E-state index contributed by atoms with van der Waals surface area (Å²) < 4.78 is 2.34. The molecule has 2 aromatic heterocycles. The second kappa shape index (κ2) is 6.22. The van der Waals surface area contributed by atoms with Gasteiger partial charge in [0.1, 0.15) is 4.70 Å². The fourth-order valence-corrected chi connectivity index (χ4v) is 4.03. The Bertz CT molecular complexity index is 841. The van der Waals surface area contributed by atoms with Crippen molar-refractivity contribution >= 4 is 44.9 Å². The van der Waals surface area contributed by atoms with Gasteiger partial charge >= 0.3 is 0 Å². The molecule has 0 atom stereocenters. The van der Waals surface area contributed by atoms with Crippen LogP contribution in [0.3, 0.4) is 0 Å². The number of halogens is 1. The Morgan fingerprint density at radius 1 is 1.33 bits per heavy atom. The maximum Gasteiger partial charge on any atom is 0.271 e. The first-order valence-corrected chi connectivity index (χ1v) is 8.71. The Morgan fingerprint density at radius 2 is 2.14 bits per heavy atom. The Balaban J connectivity index is 1.78. The lowest BCUT2D eigenvalue weighted by molar-refractivity contribution is 0.727. The van der Waals surface area contributed by atoms with Gasteiger partial charge in [-0.05, 0) is 29.5 Å². The van der Waals surface area contributed by atoms with E-state index in [1.807, 2.05) is 35.7 Å². The summed E-state index contributed by atoms with van der Waals surface area (Å²) in [6.07, 6.45) is 0.849. The van der Waals surface area contributed by atoms with Crippen LogP contribution in [0.5, 0.6) is 0 Å². The van der Waals surface area contributed by atoms with Crippen LogP contribution in [0.4, 0.5) is 0 Å². The molecule has 2 heterocycles. The van der Waals surface area contributed by atoms with E-state index in [0.717, 1.165) is 33.4 Å². The molecular weight excluding hydrogens is 324 g/mol. The molecule has 0 N–H and O–H groups in total. The highest BCUT2D eigenvalue weighted by atomic mass is 35.5. The van der Waals surface area contributed by atoms with Crippen molar-refractivity contribution in [2.45, 2.75) is 11.6 Å². The van der Waals surface area contributed by atoms with Gasteiger partial charge in [0, 0.05) is 17.8 Å². The molecule has 0 aliphatic carbocycles. The Kier molecular flexibility index (Phi) is 4.33. The van der Waals surface area contributed by atoms with Gasteiger partial charge < -0.3 is 0 Å². The average molecular weight is 337 g/mol. The zero-order valence-electron chi connectivity index (χ0n) is 11.4. The van der Waals surface area contributed by atoms with E-state index in [2.05, 4.69) is 4.98 Å². The fourth-order valence-electron chi connectivity index (χ4n) is 2.05. The van der Waals surface area contributed by atoms with E-state index in [-0.39, 0.29) is 5.56 Å². The Morgan fingerprint density at radius 3 is 2.95 bits per heavy atom. The molecule has 0 fully saturated rings. The molecule has 6 heteroatoms. The first-order valence-electron chi connectivity index (χ1n) is 6.47. The summed E-state index contributed by atoms with van der Waals surface area (Å²) in [6, 6.07) is 9.72. The predicted molar refractivity (Wildman–Crippen MR) is 90.7 cm³/mol. The fraction of sp³-hybridized carbons (Fsp3) is 0.200. The second-order valence-electron chi connectivity index (χ2n) is 4.58.